The lowest BCUT2D eigenvalue weighted by molar-refractivity contribution is 0.595. The van der Waals surface area contributed by atoms with Crippen molar-refractivity contribution in [2.45, 2.75) is 20.8 Å². The molecular formula is C14H24N2O2S2. The van der Waals surface area contributed by atoms with Gasteiger partial charge in [0, 0.05) is 25.1 Å². The van der Waals surface area contributed by atoms with Crippen molar-refractivity contribution in [2.24, 2.45) is 5.73 Å². The third kappa shape index (κ3) is 4.40. The van der Waals surface area contributed by atoms with E-state index in [2.05, 4.69) is 0 Å². The number of nitrogens with zero attached hydrogens (tertiary/aromatic N) is 1. The first-order valence-corrected chi connectivity index (χ1v) is 9.38. The summed E-state index contributed by atoms with van der Waals surface area (Å²) in [5.74, 6) is 1.51. The first-order chi connectivity index (χ1) is 9.29. The van der Waals surface area contributed by atoms with Crippen LogP contribution < -0.4 is 10.0 Å². The Balaban J connectivity index is 2.91. The average molecular weight is 316 g/mol. The van der Waals surface area contributed by atoms with E-state index in [9.17, 15) is 8.42 Å². The lowest BCUT2D eigenvalue weighted by Gasteiger charge is -2.23. The van der Waals surface area contributed by atoms with Crippen LogP contribution in [0.3, 0.4) is 0 Å². The van der Waals surface area contributed by atoms with E-state index < -0.39 is 10.0 Å². The summed E-state index contributed by atoms with van der Waals surface area (Å²) in [4.78, 5) is 0. The van der Waals surface area contributed by atoms with Crippen LogP contribution in [0.15, 0.2) is 12.1 Å². The molecule has 0 aliphatic carbocycles. The summed E-state index contributed by atoms with van der Waals surface area (Å²) in [6, 6.07) is 4.02. The van der Waals surface area contributed by atoms with E-state index in [4.69, 9.17) is 5.73 Å². The highest BCUT2D eigenvalue weighted by atomic mass is 32.2. The van der Waals surface area contributed by atoms with E-state index in [1.807, 2.05) is 32.9 Å². The van der Waals surface area contributed by atoms with Gasteiger partial charge in [-0.3, -0.25) is 4.31 Å². The van der Waals surface area contributed by atoms with E-state index in [-0.39, 0.29) is 5.75 Å². The van der Waals surface area contributed by atoms with Gasteiger partial charge < -0.3 is 5.73 Å². The second kappa shape index (κ2) is 7.33. The molecule has 0 amide bonds. The van der Waals surface area contributed by atoms with Crippen LogP contribution in [-0.4, -0.2) is 39.3 Å². The van der Waals surface area contributed by atoms with Gasteiger partial charge in [0.25, 0.3) is 0 Å². The Hall–Kier alpha value is -0.720. The summed E-state index contributed by atoms with van der Waals surface area (Å²) >= 11 is 1.57. The molecule has 1 rings (SSSR count). The molecule has 114 valence electrons. The summed E-state index contributed by atoms with van der Waals surface area (Å²) in [5.41, 5.74) is 9.32. The molecule has 4 nitrogen and oxygen atoms in total. The molecule has 6 heteroatoms. The molecule has 2 N–H and O–H groups in total. The van der Waals surface area contributed by atoms with Crippen molar-refractivity contribution >= 4 is 27.5 Å². The molecule has 1 aromatic rings. The van der Waals surface area contributed by atoms with E-state index in [0.717, 1.165) is 28.1 Å². The van der Waals surface area contributed by atoms with Crippen molar-refractivity contribution in [1.82, 2.24) is 0 Å². The van der Waals surface area contributed by atoms with E-state index in [1.54, 1.807) is 18.8 Å². The lowest BCUT2D eigenvalue weighted by Crippen LogP contribution is -2.31. The standard InChI is InChI=1S/C14H24N2O2S2/c1-11-9-12(2)14(13(3)10-11)16(4)20(17,18)8-7-19-6-5-15/h9-10H,5-8,15H2,1-4H3. The Morgan fingerprint density at radius 3 is 2.20 bits per heavy atom. The van der Waals surface area contributed by atoms with Gasteiger partial charge >= 0.3 is 0 Å². The normalized spacial score (nSPS) is 11.7. The molecule has 0 fully saturated rings. The fourth-order valence-electron chi connectivity index (χ4n) is 2.29. The third-order valence-corrected chi connectivity index (χ3v) is 6.13. The van der Waals surface area contributed by atoms with Crippen molar-refractivity contribution in [3.63, 3.8) is 0 Å². The van der Waals surface area contributed by atoms with Gasteiger partial charge in [0.05, 0.1) is 11.4 Å². The van der Waals surface area contributed by atoms with Crippen LogP contribution in [0.1, 0.15) is 16.7 Å². The minimum Gasteiger partial charge on any atom is -0.330 e. The van der Waals surface area contributed by atoms with Crippen LogP contribution in [0.4, 0.5) is 5.69 Å². The van der Waals surface area contributed by atoms with Gasteiger partial charge in [-0.05, 0) is 31.9 Å². The number of hydrogen-bond acceptors (Lipinski definition) is 4. The number of thioether (sulfide) groups is 1. The zero-order valence-corrected chi connectivity index (χ0v) is 14.3. The van der Waals surface area contributed by atoms with Crippen LogP contribution in [0.5, 0.6) is 0 Å². The Morgan fingerprint density at radius 1 is 1.15 bits per heavy atom. The molecule has 0 unspecified atom stereocenters. The molecule has 0 saturated carbocycles. The molecule has 0 saturated heterocycles. The fraction of sp³-hybridized carbons (Fsp3) is 0.571. The van der Waals surface area contributed by atoms with E-state index >= 15 is 0 Å². The number of anilines is 1. The molecule has 20 heavy (non-hydrogen) atoms. The second-order valence-corrected chi connectivity index (χ2v) is 8.28. The van der Waals surface area contributed by atoms with Crippen LogP contribution in [-0.2, 0) is 10.0 Å². The van der Waals surface area contributed by atoms with Crippen LogP contribution in [0.2, 0.25) is 0 Å². The zero-order chi connectivity index (χ0) is 15.3. The van der Waals surface area contributed by atoms with Crippen molar-refractivity contribution in [1.29, 1.82) is 0 Å². The minimum absolute atomic E-state index is 0.140. The molecule has 0 atom stereocenters. The van der Waals surface area contributed by atoms with Crippen LogP contribution in [0, 0.1) is 20.8 Å². The Kier molecular flexibility index (Phi) is 6.36. The molecule has 0 aliphatic rings. The van der Waals surface area contributed by atoms with Gasteiger partial charge in [-0.25, -0.2) is 8.42 Å². The number of benzene rings is 1. The monoisotopic (exact) mass is 316 g/mol. The first kappa shape index (κ1) is 17.3. The Labute approximate surface area is 126 Å². The van der Waals surface area contributed by atoms with Gasteiger partial charge in [-0.1, -0.05) is 17.7 Å². The molecule has 0 aromatic heterocycles. The fourth-order valence-corrected chi connectivity index (χ4v) is 4.82. The molecule has 0 heterocycles. The number of nitrogens with two attached hydrogens (primary N) is 1. The summed E-state index contributed by atoms with van der Waals surface area (Å²) in [5, 5.41) is 0. The van der Waals surface area contributed by atoms with Crippen molar-refractivity contribution in [3.05, 3.63) is 28.8 Å². The SMILES string of the molecule is Cc1cc(C)c(N(C)S(=O)(=O)CCSCCN)c(C)c1. The highest BCUT2D eigenvalue weighted by molar-refractivity contribution is 8.00. The second-order valence-electron chi connectivity index (χ2n) is 4.93. The molecule has 0 radical (unpaired) electrons. The van der Waals surface area contributed by atoms with Crippen LogP contribution >= 0.6 is 11.8 Å². The maximum Gasteiger partial charge on any atom is 0.235 e. The average Bonchev–Trinajstić information content (AvgIpc) is 2.33. The van der Waals surface area contributed by atoms with E-state index in [1.165, 1.54) is 4.31 Å². The summed E-state index contributed by atoms with van der Waals surface area (Å²) in [6.45, 7) is 6.49. The predicted molar refractivity (Wildman–Crippen MR) is 89.2 cm³/mol. The van der Waals surface area contributed by atoms with Gasteiger partial charge in [-0.15, -0.1) is 0 Å². The van der Waals surface area contributed by atoms with Crippen LogP contribution in [0.25, 0.3) is 0 Å². The zero-order valence-electron chi connectivity index (χ0n) is 12.6. The van der Waals surface area contributed by atoms with Crippen molar-refractivity contribution in [2.75, 3.05) is 35.2 Å². The van der Waals surface area contributed by atoms with E-state index in [0.29, 0.717) is 12.3 Å². The highest BCUT2D eigenvalue weighted by Gasteiger charge is 2.21. The maximum atomic E-state index is 12.4. The van der Waals surface area contributed by atoms with Crippen molar-refractivity contribution < 1.29 is 8.42 Å². The number of aryl methyl sites for hydroxylation is 3. The Bertz CT molecular complexity index is 533. The first-order valence-electron chi connectivity index (χ1n) is 6.62. The molecule has 1 aromatic carbocycles. The molecular weight excluding hydrogens is 292 g/mol. The summed E-state index contributed by atoms with van der Waals surface area (Å²) < 4.78 is 26.1. The summed E-state index contributed by atoms with van der Waals surface area (Å²) in [6.07, 6.45) is 0. The Morgan fingerprint density at radius 2 is 1.70 bits per heavy atom. The highest BCUT2D eigenvalue weighted by Crippen LogP contribution is 2.27. The number of hydrogen-bond donors (Lipinski definition) is 1. The smallest absolute Gasteiger partial charge is 0.235 e. The maximum absolute atomic E-state index is 12.4. The van der Waals surface area contributed by atoms with Gasteiger partial charge in [0.15, 0.2) is 0 Å². The topological polar surface area (TPSA) is 63.4 Å². The third-order valence-electron chi connectivity index (χ3n) is 3.12. The lowest BCUT2D eigenvalue weighted by atomic mass is 10.1. The van der Waals surface area contributed by atoms with Gasteiger partial charge in [0.1, 0.15) is 0 Å². The van der Waals surface area contributed by atoms with Gasteiger partial charge in [0.2, 0.25) is 10.0 Å². The number of sulfonamides is 1. The largest absolute Gasteiger partial charge is 0.330 e. The number of rotatable bonds is 7. The predicted octanol–water partition coefficient (Wildman–Crippen LogP) is 2.07. The minimum atomic E-state index is -3.28. The summed E-state index contributed by atoms with van der Waals surface area (Å²) in [7, 11) is -1.65. The van der Waals surface area contributed by atoms with Crippen molar-refractivity contribution in [3.8, 4) is 0 Å². The van der Waals surface area contributed by atoms with Gasteiger partial charge in [-0.2, -0.15) is 11.8 Å². The molecule has 0 bridgehead atoms. The molecule has 0 aliphatic heterocycles. The molecule has 0 spiro atoms. The quantitative estimate of drug-likeness (QED) is 0.782.